The minimum absolute atomic E-state index is 0. The SMILES string of the molecule is CNC(=N)SSC(C)(C)C(NC(C)=O)C(=O)O.Cl. The van der Waals surface area contributed by atoms with Gasteiger partial charge in [0.05, 0.1) is 4.75 Å². The number of carboxylic acid groups (broad SMARTS) is 1. The number of amidine groups is 1. The van der Waals surface area contributed by atoms with E-state index in [-0.39, 0.29) is 23.5 Å². The van der Waals surface area contributed by atoms with Gasteiger partial charge in [0.25, 0.3) is 0 Å². The topological polar surface area (TPSA) is 102 Å². The minimum atomic E-state index is -1.09. The zero-order chi connectivity index (χ0) is 13.6. The van der Waals surface area contributed by atoms with Crippen LogP contribution in [0.2, 0.25) is 0 Å². The van der Waals surface area contributed by atoms with E-state index in [1.807, 2.05) is 0 Å². The second kappa shape index (κ2) is 8.49. The molecule has 4 N–H and O–H groups in total. The molecule has 0 spiro atoms. The lowest BCUT2D eigenvalue weighted by molar-refractivity contribution is -0.142. The third kappa shape index (κ3) is 6.97. The van der Waals surface area contributed by atoms with Crippen LogP contribution in [0.3, 0.4) is 0 Å². The van der Waals surface area contributed by atoms with Crippen molar-refractivity contribution in [3.63, 3.8) is 0 Å². The Morgan fingerprint density at radius 1 is 1.39 bits per heavy atom. The summed E-state index contributed by atoms with van der Waals surface area (Å²) < 4.78 is -0.731. The van der Waals surface area contributed by atoms with Crippen molar-refractivity contribution in [2.45, 2.75) is 31.6 Å². The van der Waals surface area contributed by atoms with Crippen molar-refractivity contribution in [1.29, 1.82) is 5.41 Å². The van der Waals surface area contributed by atoms with Gasteiger partial charge in [-0.3, -0.25) is 10.2 Å². The van der Waals surface area contributed by atoms with Gasteiger partial charge in [-0.05, 0) is 24.6 Å². The maximum atomic E-state index is 11.1. The highest BCUT2D eigenvalue weighted by Crippen LogP contribution is 2.38. The number of carbonyl (C=O) groups is 2. The van der Waals surface area contributed by atoms with Crippen LogP contribution in [0.25, 0.3) is 0 Å². The number of nitrogens with one attached hydrogen (secondary N) is 3. The largest absolute Gasteiger partial charge is 0.480 e. The average Bonchev–Trinajstić information content (AvgIpc) is 2.21. The molecule has 1 unspecified atom stereocenters. The fourth-order valence-electron chi connectivity index (χ4n) is 0.975. The first-order valence-corrected chi connectivity index (χ1v) is 6.97. The fourth-order valence-corrected chi connectivity index (χ4v) is 3.05. The van der Waals surface area contributed by atoms with Gasteiger partial charge in [-0.2, -0.15) is 0 Å². The van der Waals surface area contributed by atoms with Crippen LogP contribution in [-0.4, -0.2) is 40.0 Å². The molecular formula is C9H18ClN3O3S2. The molecule has 0 aliphatic rings. The Morgan fingerprint density at radius 3 is 2.22 bits per heavy atom. The molecule has 1 amide bonds. The molecule has 0 aliphatic heterocycles. The van der Waals surface area contributed by atoms with Gasteiger partial charge in [0.15, 0.2) is 5.17 Å². The number of rotatable bonds is 5. The summed E-state index contributed by atoms with van der Waals surface area (Å²) >= 11 is 0. The van der Waals surface area contributed by atoms with Crippen molar-refractivity contribution in [2.75, 3.05) is 7.05 Å². The summed E-state index contributed by atoms with van der Waals surface area (Å²) in [5, 5.41) is 21.7. The molecule has 0 rings (SSSR count). The van der Waals surface area contributed by atoms with E-state index in [4.69, 9.17) is 10.5 Å². The van der Waals surface area contributed by atoms with Gasteiger partial charge in [-0.25, -0.2) is 4.79 Å². The predicted octanol–water partition coefficient (Wildman–Crippen LogP) is 1.31. The lowest BCUT2D eigenvalue weighted by Gasteiger charge is -2.30. The quantitative estimate of drug-likeness (QED) is 0.346. The van der Waals surface area contributed by atoms with Crippen LogP contribution in [0.1, 0.15) is 20.8 Å². The summed E-state index contributed by atoms with van der Waals surface area (Å²) in [6, 6.07) is -0.998. The number of hydrogen-bond acceptors (Lipinski definition) is 5. The van der Waals surface area contributed by atoms with Crippen LogP contribution >= 0.6 is 34.0 Å². The average molecular weight is 316 g/mol. The maximum Gasteiger partial charge on any atom is 0.327 e. The molecular weight excluding hydrogens is 298 g/mol. The summed E-state index contributed by atoms with van der Waals surface area (Å²) in [5.41, 5.74) is 0. The van der Waals surface area contributed by atoms with E-state index in [0.29, 0.717) is 0 Å². The monoisotopic (exact) mass is 315 g/mol. The standard InChI is InChI=1S/C9H17N3O3S2.ClH/c1-5(13)12-6(7(14)15)9(2,3)17-16-8(10)11-4;/h6H,1-4H3,(H2,10,11)(H,12,13)(H,14,15);1H. The Hall–Kier alpha value is -0.600. The van der Waals surface area contributed by atoms with E-state index >= 15 is 0 Å². The van der Waals surface area contributed by atoms with Gasteiger partial charge in [0.2, 0.25) is 5.91 Å². The Bertz CT molecular complexity index is 326. The van der Waals surface area contributed by atoms with Crippen molar-refractivity contribution in [3.05, 3.63) is 0 Å². The van der Waals surface area contributed by atoms with Crippen LogP contribution in [0.15, 0.2) is 0 Å². The van der Waals surface area contributed by atoms with E-state index in [0.717, 1.165) is 10.8 Å². The van der Waals surface area contributed by atoms with Crippen molar-refractivity contribution in [3.8, 4) is 0 Å². The van der Waals surface area contributed by atoms with Crippen LogP contribution in [-0.2, 0) is 9.59 Å². The molecule has 0 saturated heterocycles. The second-order valence-electron chi connectivity index (χ2n) is 3.82. The van der Waals surface area contributed by atoms with Crippen LogP contribution in [0.4, 0.5) is 0 Å². The Kier molecular flexibility index (Phi) is 9.31. The maximum absolute atomic E-state index is 11.1. The minimum Gasteiger partial charge on any atom is -0.480 e. The van der Waals surface area contributed by atoms with E-state index in [1.54, 1.807) is 20.9 Å². The van der Waals surface area contributed by atoms with Crippen molar-refractivity contribution in [2.24, 2.45) is 0 Å². The number of carboxylic acids is 1. The highest BCUT2D eigenvalue weighted by Gasteiger charge is 2.37. The predicted molar refractivity (Wildman–Crippen MR) is 78.5 cm³/mol. The molecule has 18 heavy (non-hydrogen) atoms. The molecule has 1 atom stereocenters. The first-order valence-electron chi connectivity index (χ1n) is 4.82. The molecule has 0 aromatic heterocycles. The molecule has 0 aliphatic carbocycles. The van der Waals surface area contributed by atoms with Gasteiger partial charge < -0.3 is 15.7 Å². The fraction of sp³-hybridized carbons (Fsp3) is 0.667. The first kappa shape index (κ1) is 19.7. The number of carbonyl (C=O) groups excluding carboxylic acids is 1. The van der Waals surface area contributed by atoms with E-state index in [1.165, 1.54) is 17.7 Å². The van der Waals surface area contributed by atoms with Gasteiger partial charge in [0, 0.05) is 14.0 Å². The van der Waals surface area contributed by atoms with Crippen molar-refractivity contribution < 1.29 is 14.7 Å². The Labute approximate surface area is 120 Å². The summed E-state index contributed by atoms with van der Waals surface area (Å²) in [6.07, 6.45) is 0. The normalized spacial score (nSPS) is 12.0. The lowest BCUT2D eigenvalue weighted by atomic mass is 10.0. The summed E-state index contributed by atoms with van der Waals surface area (Å²) in [5.74, 6) is -1.48. The van der Waals surface area contributed by atoms with Gasteiger partial charge >= 0.3 is 5.97 Å². The number of hydrogen-bond donors (Lipinski definition) is 4. The Morgan fingerprint density at radius 2 is 1.89 bits per heavy atom. The number of halogens is 1. The number of amides is 1. The van der Waals surface area contributed by atoms with Crippen molar-refractivity contribution in [1.82, 2.24) is 10.6 Å². The molecule has 0 saturated carbocycles. The van der Waals surface area contributed by atoms with E-state index in [9.17, 15) is 9.59 Å². The summed E-state index contributed by atoms with van der Waals surface area (Å²) in [4.78, 5) is 22.0. The Balaban J connectivity index is 0. The third-order valence-electron chi connectivity index (χ3n) is 1.86. The van der Waals surface area contributed by atoms with Gasteiger partial charge in [-0.15, -0.1) is 12.4 Å². The smallest absolute Gasteiger partial charge is 0.327 e. The van der Waals surface area contributed by atoms with Crippen LogP contribution in [0.5, 0.6) is 0 Å². The highest BCUT2D eigenvalue weighted by atomic mass is 35.5. The number of aliphatic carboxylic acids is 1. The highest BCUT2D eigenvalue weighted by molar-refractivity contribution is 8.82. The van der Waals surface area contributed by atoms with Gasteiger partial charge in [0.1, 0.15) is 6.04 Å². The third-order valence-corrected chi connectivity index (χ3v) is 5.01. The first-order chi connectivity index (χ1) is 7.70. The lowest BCUT2D eigenvalue weighted by Crippen LogP contribution is -2.51. The molecule has 0 heterocycles. The van der Waals surface area contributed by atoms with Crippen LogP contribution < -0.4 is 10.6 Å². The molecule has 0 fully saturated rings. The van der Waals surface area contributed by atoms with E-state index < -0.39 is 16.8 Å². The zero-order valence-electron chi connectivity index (χ0n) is 10.6. The van der Waals surface area contributed by atoms with Crippen LogP contribution in [0, 0.1) is 5.41 Å². The molecule has 9 heteroatoms. The summed E-state index contributed by atoms with van der Waals surface area (Å²) in [7, 11) is 3.97. The molecule has 6 nitrogen and oxygen atoms in total. The molecule has 0 bridgehead atoms. The summed E-state index contributed by atoms with van der Waals surface area (Å²) in [6.45, 7) is 4.70. The van der Waals surface area contributed by atoms with Gasteiger partial charge in [-0.1, -0.05) is 10.8 Å². The van der Waals surface area contributed by atoms with E-state index in [2.05, 4.69) is 10.6 Å². The molecule has 0 aromatic carbocycles. The zero-order valence-corrected chi connectivity index (χ0v) is 13.0. The van der Waals surface area contributed by atoms with Crippen molar-refractivity contribution >= 4 is 51.0 Å². The molecule has 0 radical (unpaired) electrons. The molecule has 0 aromatic rings. The second-order valence-corrected chi connectivity index (χ2v) is 6.61. The molecule has 106 valence electrons.